The number of rotatable bonds is 3. The number of hydrogen-bond acceptors (Lipinski definition) is 6. The van der Waals surface area contributed by atoms with Crippen molar-refractivity contribution in [3.05, 3.63) is 42.0 Å². The second-order valence-electron chi connectivity index (χ2n) is 7.55. The minimum absolute atomic E-state index is 0.000559. The second kappa shape index (κ2) is 8.19. The predicted octanol–water partition coefficient (Wildman–Crippen LogP) is 2.97. The Labute approximate surface area is 170 Å². The maximum absolute atomic E-state index is 13.9. The summed E-state index contributed by atoms with van der Waals surface area (Å²) in [6.45, 7) is 1.37. The lowest BCUT2D eigenvalue weighted by Crippen LogP contribution is -2.21. The third kappa shape index (κ3) is 3.97. The first kappa shape index (κ1) is 20.5. The van der Waals surface area contributed by atoms with Crippen LogP contribution >= 0.6 is 0 Å². The SMILES string of the molecule is Nc1ncc2c(F)cc(-c3ccc(C4(C(F)F)CC4)cn3)n2n1.OC1CCCOC1. The normalized spacial score (nSPS) is 20.1. The Hall–Kier alpha value is -2.72. The summed E-state index contributed by atoms with van der Waals surface area (Å²) in [7, 11) is 0. The van der Waals surface area contributed by atoms with Crippen LogP contribution in [0.1, 0.15) is 31.2 Å². The van der Waals surface area contributed by atoms with Gasteiger partial charge in [0.2, 0.25) is 12.4 Å². The van der Waals surface area contributed by atoms with Gasteiger partial charge >= 0.3 is 0 Å². The van der Waals surface area contributed by atoms with Gasteiger partial charge in [-0.05, 0) is 37.3 Å². The Bertz CT molecular complexity index is 1020. The number of halogens is 3. The van der Waals surface area contributed by atoms with E-state index >= 15 is 0 Å². The number of aliphatic hydroxyl groups is 1. The van der Waals surface area contributed by atoms with Gasteiger partial charge in [-0.1, -0.05) is 6.07 Å². The summed E-state index contributed by atoms with van der Waals surface area (Å²) in [5.74, 6) is -0.502. The van der Waals surface area contributed by atoms with Gasteiger partial charge in [-0.25, -0.2) is 22.7 Å². The molecule has 2 fully saturated rings. The third-order valence-corrected chi connectivity index (χ3v) is 5.43. The van der Waals surface area contributed by atoms with Crippen molar-refractivity contribution < 1.29 is 23.0 Å². The third-order valence-electron chi connectivity index (χ3n) is 5.43. The van der Waals surface area contributed by atoms with Crippen LogP contribution in [0.4, 0.5) is 19.1 Å². The van der Waals surface area contributed by atoms with Gasteiger partial charge in [-0.3, -0.25) is 4.98 Å². The zero-order chi connectivity index (χ0) is 21.3. The molecule has 1 aliphatic carbocycles. The fourth-order valence-electron chi connectivity index (χ4n) is 3.48. The molecule has 3 aromatic heterocycles. The van der Waals surface area contributed by atoms with Crippen LogP contribution in [-0.2, 0) is 10.2 Å². The lowest BCUT2D eigenvalue weighted by atomic mass is 9.98. The lowest BCUT2D eigenvalue weighted by Gasteiger charge is -2.15. The van der Waals surface area contributed by atoms with E-state index in [-0.39, 0.29) is 17.6 Å². The summed E-state index contributed by atoms with van der Waals surface area (Å²) in [5, 5.41) is 12.8. The number of ether oxygens (including phenoxy) is 1. The molecule has 160 valence electrons. The standard InChI is InChI=1S/C15H12F3N5.C5H10O2/c16-9-5-11(23-12(9)7-21-14(19)22-23)10-2-1-8(6-20-10)15(3-4-15)13(17)18;6-5-2-1-3-7-4-5/h1-2,5-7,13H,3-4H2,(H2,19,22);5-6H,1-4H2. The van der Waals surface area contributed by atoms with Gasteiger partial charge in [0.25, 0.3) is 0 Å². The van der Waals surface area contributed by atoms with E-state index in [0.717, 1.165) is 19.4 Å². The Kier molecular flexibility index (Phi) is 5.61. The lowest BCUT2D eigenvalue weighted by molar-refractivity contribution is -0.00535. The Morgan fingerprint density at radius 2 is 2.03 bits per heavy atom. The molecular weight excluding hydrogens is 399 g/mol. The van der Waals surface area contributed by atoms with Gasteiger partial charge < -0.3 is 15.6 Å². The zero-order valence-corrected chi connectivity index (χ0v) is 16.1. The van der Waals surface area contributed by atoms with Crippen LogP contribution in [0.3, 0.4) is 0 Å². The van der Waals surface area contributed by atoms with Crippen LogP contribution in [0, 0.1) is 5.82 Å². The molecule has 0 bridgehead atoms. The van der Waals surface area contributed by atoms with Gasteiger partial charge in [-0.2, -0.15) is 0 Å². The van der Waals surface area contributed by atoms with Crippen molar-refractivity contribution in [2.45, 2.75) is 43.6 Å². The number of alkyl halides is 2. The van der Waals surface area contributed by atoms with E-state index in [2.05, 4.69) is 15.1 Å². The summed E-state index contributed by atoms with van der Waals surface area (Å²) >= 11 is 0. The number of nitrogens with zero attached hydrogens (tertiary/aromatic N) is 4. The maximum atomic E-state index is 13.9. The summed E-state index contributed by atoms with van der Waals surface area (Å²) in [6, 6.07) is 4.48. The molecule has 1 aliphatic heterocycles. The minimum Gasteiger partial charge on any atom is -0.391 e. The first-order valence-electron chi connectivity index (χ1n) is 9.71. The van der Waals surface area contributed by atoms with E-state index in [1.54, 1.807) is 12.1 Å². The smallest absolute Gasteiger partial charge is 0.248 e. The highest BCUT2D eigenvalue weighted by Crippen LogP contribution is 2.52. The number of nitrogens with two attached hydrogens (primary N) is 1. The fourth-order valence-corrected chi connectivity index (χ4v) is 3.48. The van der Waals surface area contributed by atoms with Crippen LogP contribution < -0.4 is 5.73 Å². The van der Waals surface area contributed by atoms with E-state index in [4.69, 9.17) is 15.6 Å². The number of hydrogen-bond donors (Lipinski definition) is 2. The van der Waals surface area contributed by atoms with Gasteiger partial charge in [0.15, 0.2) is 5.82 Å². The van der Waals surface area contributed by atoms with Crippen LogP contribution in [0.25, 0.3) is 16.9 Å². The van der Waals surface area contributed by atoms with E-state index in [1.807, 2.05) is 0 Å². The van der Waals surface area contributed by atoms with Crippen molar-refractivity contribution >= 4 is 11.5 Å². The number of pyridine rings is 1. The molecule has 1 saturated heterocycles. The maximum Gasteiger partial charge on any atom is 0.248 e. The molecule has 30 heavy (non-hydrogen) atoms. The average Bonchev–Trinajstić information content (AvgIpc) is 3.49. The second-order valence-corrected chi connectivity index (χ2v) is 7.55. The molecule has 1 unspecified atom stereocenters. The molecule has 0 radical (unpaired) electrons. The Morgan fingerprint density at radius 1 is 1.23 bits per heavy atom. The summed E-state index contributed by atoms with van der Waals surface area (Å²) in [5.41, 5.74) is 5.96. The average molecular weight is 421 g/mol. The monoisotopic (exact) mass is 421 g/mol. The molecular formula is C20H22F3N5O2. The quantitative estimate of drug-likeness (QED) is 0.675. The highest BCUT2D eigenvalue weighted by atomic mass is 19.3. The number of aliphatic hydroxyl groups excluding tert-OH is 1. The number of anilines is 1. The largest absolute Gasteiger partial charge is 0.391 e. The van der Waals surface area contributed by atoms with Crippen molar-refractivity contribution in [1.29, 1.82) is 0 Å². The van der Waals surface area contributed by atoms with Gasteiger partial charge in [0.05, 0.1) is 35.7 Å². The Morgan fingerprint density at radius 3 is 2.57 bits per heavy atom. The van der Waals surface area contributed by atoms with Crippen LogP contribution in [0.2, 0.25) is 0 Å². The summed E-state index contributed by atoms with van der Waals surface area (Å²) in [6.07, 6.45) is 2.96. The van der Waals surface area contributed by atoms with Crippen molar-refractivity contribution in [2.24, 2.45) is 0 Å². The first-order valence-corrected chi connectivity index (χ1v) is 9.71. The molecule has 2 aliphatic rings. The van der Waals surface area contributed by atoms with E-state index in [9.17, 15) is 13.2 Å². The van der Waals surface area contributed by atoms with Crippen molar-refractivity contribution in [3.8, 4) is 11.4 Å². The van der Waals surface area contributed by atoms with Crippen molar-refractivity contribution in [1.82, 2.24) is 19.6 Å². The van der Waals surface area contributed by atoms with Gasteiger partial charge in [-0.15, -0.1) is 5.10 Å². The van der Waals surface area contributed by atoms with Crippen LogP contribution in [-0.4, -0.2) is 50.4 Å². The fraction of sp³-hybridized carbons (Fsp3) is 0.450. The highest BCUT2D eigenvalue weighted by molar-refractivity contribution is 5.64. The van der Waals surface area contributed by atoms with Gasteiger partial charge in [0, 0.05) is 18.9 Å². The first-order chi connectivity index (χ1) is 14.4. The van der Waals surface area contributed by atoms with Crippen LogP contribution in [0.5, 0.6) is 0 Å². The van der Waals surface area contributed by atoms with Crippen molar-refractivity contribution in [3.63, 3.8) is 0 Å². The molecule has 1 saturated carbocycles. The molecule has 7 nitrogen and oxygen atoms in total. The molecule has 3 N–H and O–H groups in total. The van der Waals surface area contributed by atoms with Crippen LogP contribution in [0.15, 0.2) is 30.6 Å². The summed E-state index contributed by atoms with van der Waals surface area (Å²) in [4.78, 5) is 7.96. The van der Waals surface area contributed by atoms with E-state index in [1.165, 1.54) is 23.0 Å². The van der Waals surface area contributed by atoms with Crippen molar-refractivity contribution in [2.75, 3.05) is 18.9 Å². The van der Waals surface area contributed by atoms with E-state index < -0.39 is 17.7 Å². The molecule has 3 aromatic rings. The molecule has 0 amide bonds. The Balaban J connectivity index is 0.000000265. The number of nitrogen functional groups attached to an aromatic ring is 1. The highest BCUT2D eigenvalue weighted by Gasteiger charge is 2.52. The molecule has 0 spiro atoms. The van der Waals surface area contributed by atoms with Gasteiger partial charge in [0.1, 0.15) is 5.52 Å². The molecule has 10 heteroatoms. The number of fused-ring (bicyclic) bond motifs is 1. The molecule has 4 heterocycles. The molecule has 0 aromatic carbocycles. The minimum atomic E-state index is -2.41. The topological polar surface area (TPSA) is 98.6 Å². The van der Waals surface area contributed by atoms with E-state index in [0.29, 0.717) is 36.4 Å². The number of aromatic nitrogens is 4. The molecule has 1 atom stereocenters. The molecule has 5 rings (SSSR count). The summed E-state index contributed by atoms with van der Waals surface area (Å²) < 4.78 is 46.4. The predicted molar refractivity (Wildman–Crippen MR) is 104 cm³/mol. The zero-order valence-electron chi connectivity index (χ0n) is 16.1.